The first-order valence-corrected chi connectivity index (χ1v) is 15.1. The Morgan fingerprint density at radius 3 is 1.25 bits per heavy atom. The lowest BCUT2D eigenvalue weighted by Crippen LogP contribution is -2.38. The molecule has 0 aliphatic carbocycles. The summed E-state index contributed by atoms with van der Waals surface area (Å²) in [7, 11) is -2.90. The molecule has 0 spiro atoms. The van der Waals surface area contributed by atoms with Gasteiger partial charge in [-0.2, -0.15) is 5.26 Å². The lowest BCUT2D eigenvalue weighted by molar-refractivity contribution is -0.113. The second-order valence-corrected chi connectivity index (χ2v) is 19.1. The van der Waals surface area contributed by atoms with Crippen LogP contribution in [0.1, 0.15) is 41.5 Å². The first kappa shape index (κ1) is 27.9. The van der Waals surface area contributed by atoms with E-state index in [1.807, 2.05) is 61.2 Å². The SMILES string of the molecule is CC(C)(C)C(C#N)O[Si](C)(C)C.CC(C)(C)C=O.C[Si](C)(C)C#N. The summed E-state index contributed by atoms with van der Waals surface area (Å²) in [5.41, 5.74) is 2.03. The second kappa shape index (κ2) is 10.8. The molecule has 0 saturated carbocycles. The van der Waals surface area contributed by atoms with Crippen LogP contribution in [0.25, 0.3) is 0 Å². The van der Waals surface area contributed by atoms with Gasteiger partial charge >= 0.3 is 0 Å². The molecular formula is C18H38N2O2Si2. The lowest BCUT2D eigenvalue weighted by atomic mass is 9.90. The smallest absolute Gasteiger partial charge is 0.185 e. The van der Waals surface area contributed by atoms with E-state index < -0.39 is 16.4 Å². The monoisotopic (exact) mass is 370 g/mol. The van der Waals surface area contributed by atoms with Gasteiger partial charge in [0.25, 0.3) is 0 Å². The molecule has 0 N–H and O–H groups in total. The number of aldehydes is 1. The molecule has 0 amide bonds. The van der Waals surface area contributed by atoms with E-state index in [-0.39, 0.29) is 16.9 Å². The van der Waals surface area contributed by atoms with Crippen molar-refractivity contribution in [2.45, 2.75) is 86.9 Å². The molecule has 1 atom stereocenters. The van der Waals surface area contributed by atoms with Gasteiger partial charge in [0.2, 0.25) is 0 Å². The van der Waals surface area contributed by atoms with Crippen molar-refractivity contribution in [3.8, 4) is 11.8 Å². The molecule has 0 heterocycles. The van der Waals surface area contributed by atoms with Gasteiger partial charge in [0, 0.05) is 16.5 Å². The van der Waals surface area contributed by atoms with E-state index in [9.17, 15) is 4.79 Å². The van der Waals surface area contributed by atoms with Crippen LogP contribution in [-0.4, -0.2) is 28.8 Å². The van der Waals surface area contributed by atoms with Crippen LogP contribution in [0, 0.1) is 33.1 Å². The number of hydrogen-bond donors (Lipinski definition) is 0. The van der Waals surface area contributed by atoms with Gasteiger partial charge in [-0.25, -0.2) is 5.26 Å². The molecule has 24 heavy (non-hydrogen) atoms. The Hall–Kier alpha value is -0.956. The Labute approximate surface area is 152 Å². The fourth-order valence-electron chi connectivity index (χ4n) is 0.750. The van der Waals surface area contributed by atoms with Crippen molar-refractivity contribution in [3.05, 3.63) is 0 Å². The summed E-state index contributed by atoms with van der Waals surface area (Å²) in [4.78, 5) is 9.83. The summed E-state index contributed by atoms with van der Waals surface area (Å²) in [6, 6.07) is 2.21. The maximum absolute atomic E-state index is 9.83. The van der Waals surface area contributed by atoms with E-state index in [1.54, 1.807) is 0 Å². The highest BCUT2D eigenvalue weighted by Crippen LogP contribution is 2.24. The van der Waals surface area contributed by atoms with Crippen LogP contribution in [0.3, 0.4) is 0 Å². The summed E-state index contributed by atoms with van der Waals surface area (Å²) in [6.45, 7) is 24.1. The van der Waals surface area contributed by atoms with Crippen LogP contribution in [-0.2, 0) is 9.22 Å². The van der Waals surface area contributed by atoms with Crippen molar-refractivity contribution in [1.29, 1.82) is 10.5 Å². The van der Waals surface area contributed by atoms with Gasteiger partial charge in [-0.15, -0.1) is 0 Å². The second-order valence-electron chi connectivity index (χ2n) is 9.95. The topological polar surface area (TPSA) is 73.9 Å². The first-order valence-electron chi connectivity index (χ1n) is 8.24. The molecule has 1 unspecified atom stereocenters. The van der Waals surface area contributed by atoms with Crippen molar-refractivity contribution in [3.63, 3.8) is 0 Å². The molecule has 6 heteroatoms. The largest absolute Gasteiger partial charge is 0.402 e. The number of hydrogen-bond acceptors (Lipinski definition) is 4. The van der Waals surface area contributed by atoms with Gasteiger partial charge in [0.05, 0.1) is 6.07 Å². The van der Waals surface area contributed by atoms with Gasteiger partial charge in [-0.3, -0.25) is 0 Å². The standard InChI is InChI=1S/C9H19NOSi.C5H10O.C4H9NSi/c1-9(2,3)8(7-10)11-12(4,5)6;1-5(2,3)4-6;1-6(2,3)4-5/h8H,1-6H3;4H,1-3H3;1-3H3. The minimum absolute atomic E-state index is 0.0744. The van der Waals surface area contributed by atoms with Crippen LogP contribution >= 0.6 is 0 Å². The summed E-state index contributed by atoms with van der Waals surface area (Å²) >= 11 is 0. The predicted octanol–water partition coefficient (Wildman–Crippen LogP) is 5.39. The minimum atomic E-state index is -1.57. The van der Waals surface area contributed by atoms with Crippen molar-refractivity contribution < 1.29 is 9.22 Å². The Balaban J connectivity index is -0.000000309. The molecule has 0 saturated heterocycles. The van der Waals surface area contributed by atoms with E-state index in [1.165, 1.54) is 0 Å². The Morgan fingerprint density at radius 2 is 1.21 bits per heavy atom. The first-order chi connectivity index (χ1) is 10.3. The molecule has 4 nitrogen and oxygen atoms in total. The molecule has 0 fully saturated rings. The third-order valence-electron chi connectivity index (χ3n) is 2.06. The van der Waals surface area contributed by atoms with Crippen molar-refractivity contribution in [2.75, 3.05) is 0 Å². The normalized spacial score (nSPS) is 13.1. The molecule has 0 radical (unpaired) electrons. The Bertz CT molecular complexity index is 437. The van der Waals surface area contributed by atoms with Crippen LogP contribution in [0.5, 0.6) is 0 Å². The number of carbonyl (C=O) groups excluding carboxylic acids is 1. The highest BCUT2D eigenvalue weighted by molar-refractivity contribution is 6.83. The van der Waals surface area contributed by atoms with Crippen molar-refractivity contribution in [1.82, 2.24) is 0 Å². The van der Waals surface area contributed by atoms with Gasteiger partial charge in [-0.1, -0.05) is 61.2 Å². The highest BCUT2D eigenvalue weighted by atomic mass is 28.4. The predicted molar refractivity (Wildman–Crippen MR) is 108 cm³/mol. The summed E-state index contributed by atoms with van der Waals surface area (Å²) in [5.74, 6) is 0. The fraction of sp³-hybridized carbons (Fsp3) is 0.833. The number of nitrogens with zero attached hydrogens (tertiary/aromatic N) is 2. The third kappa shape index (κ3) is 26.0. The zero-order valence-corrected chi connectivity index (χ0v) is 19.9. The van der Waals surface area contributed by atoms with Gasteiger partial charge in [0.1, 0.15) is 12.4 Å². The molecule has 0 aliphatic rings. The molecule has 0 bridgehead atoms. The third-order valence-corrected chi connectivity index (χ3v) is 3.68. The lowest BCUT2D eigenvalue weighted by Gasteiger charge is -2.30. The average Bonchev–Trinajstić information content (AvgIpc) is 2.33. The van der Waals surface area contributed by atoms with Gasteiger partial charge in [-0.05, 0) is 19.6 Å². The average molecular weight is 371 g/mol. The van der Waals surface area contributed by atoms with Gasteiger partial charge in [0.15, 0.2) is 16.4 Å². The van der Waals surface area contributed by atoms with E-state index in [4.69, 9.17) is 14.9 Å². The molecule has 0 rings (SSSR count). The van der Waals surface area contributed by atoms with E-state index >= 15 is 0 Å². The van der Waals surface area contributed by atoms with Crippen molar-refractivity contribution in [2.24, 2.45) is 10.8 Å². The molecule has 140 valence electrons. The molecule has 0 aliphatic heterocycles. The zero-order chi connectivity index (χ0) is 20.4. The van der Waals surface area contributed by atoms with Gasteiger partial charge < -0.3 is 9.22 Å². The maximum atomic E-state index is 9.83. The molecule has 0 aromatic heterocycles. The molecule has 0 aromatic rings. The van der Waals surface area contributed by atoms with E-state index in [0.29, 0.717) is 0 Å². The fourth-order valence-corrected chi connectivity index (χ4v) is 1.86. The number of nitriles is 2. The van der Waals surface area contributed by atoms with E-state index in [2.05, 4.69) is 31.4 Å². The Morgan fingerprint density at radius 1 is 0.917 bits per heavy atom. The van der Waals surface area contributed by atoms with Crippen molar-refractivity contribution >= 4 is 22.7 Å². The number of rotatable bonds is 2. The van der Waals surface area contributed by atoms with Crippen LogP contribution in [0.2, 0.25) is 39.3 Å². The quantitative estimate of drug-likeness (QED) is 0.482. The van der Waals surface area contributed by atoms with E-state index in [0.717, 1.165) is 6.29 Å². The summed E-state index contributed by atoms with van der Waals surface area (Å²) < 4.78 is 5.73. The molecule has 0 aromatic carbocycles. The zero-order valence-electron chi connectivity index (χ0n) is 17.9. The Kier molecular flexibility index (Phi) is 12.6. The number of carbonyl (C=O) groups is 1. The van der Waals surface area contributed by atoms with Crippen LogP contribution in [0.15, 0.2) is 0 Å². The maximum Gasteiger partial charge on any atom is 0.185 e. The van der Waals surface area contributed by atoms with Crippen LogP contribution in [0.4, 0.5) is 0 Å². The summed E-state index contributed by atoms with van der Waals surface area (Å²) in [5, 5.41) is 17.1. The molecular weight excluding hydrogens is 332 g/mol. The van der Waals surface area contributed by atoms with Crippen LogP contribution < -0.4 is 0 Å². The summed E-state index contributed by atoms with van der Waals surface area (Å²) in [6.07, 6.45) is 0.664. The highest BCUT2D eigenvalue weighted by Gasteiger charge is 2.30. The minimum Gasteiger partial charge on any atom is -0.402 e.